The molecule has 0 amide bonds. The van der Waals surface area contributed by atoms with Crippen molar-refractivity contribution in [3.8, 4) is 12.1 Å². The zero-order chi connectivity index (χ0) is 37.1. The fourth-order valence-corrected chi connectivity index (χ4v) is 9.63. The van der Waals surface area contributed by atoms with Crippen LogP contribution in [0.5, 0.6) is 0 Å². The number of allylic oxidation sites excluding steroid dienone is 3. The van der Waals surface area contributed by atoms with Crippen molar-refractivity contribution in [3.63, 3.8) is 0 Å². The number of nitrogens with zero attached hydrogens (tertiary/aromatic N) is 4. The Morgan fingerprint density at radius 2 is 1.13 bits per heavy atom. The maximum atomic E-state index is 11.8. The molecule has 7 rings (SSSR count). The molecule has 2 aliphatic rings. The number of hydrogen-bond donors (Lipinski definition) is 0. The van der Waals surface area contributed by atoms with Gasteiger partial charge in [0.15, 0.2) is 5.54 Å². The van der Waals surface area contributed by atoms with Gasteiger partial charge in [0.2, 0.25) is 0 Å². The molecule has 0 N–H and O–H groups in total. The van der Waals surface area contributed by atoms with E-state index in [0.717, 1.165) is 74.2 Å². The van der Waals surface area contributed by atoms with Crippen LogP contribution in [0.1, 0.15) is 64.5 Å². The lowest BCUT2D eigenvalue weighted by molar-refractivity contribution is 0.713. The molecule has 1 unspecified atom stereocenters. The number of anilines is 4. The molecule has 6 heteroatoms. The van der Waals surface area contributed by atoms with Crippen molar-refractivity contribution in [1.29, 1.82) is 10.5 Å². The highest BCUT2D eigenvalue weighted by Gasteiger charge is 2.44. The van der Waals surface area contributed by atoms with Crippen molar-refractivity contribution in [1.82, 2.24) is 0 Å². The molecule has 0 saturated carbocycles. The first kappa shape index (κ1) is 36.0. The molecule has 0 aliphatic carbocycles. The lowest BCUT2D eigenvalue weighted by atomic mass is 9.78. The largest absolute Gasteiger partial charge is 0.316 e. The lowest BCUT2D eigenvalue weighted by Gasteiger charge is -2.45. The SMILES string of the molecule is C=C(CC)CC/C(C)=C(/C(CC)=C(/c1ccc(C#N)cc1)C(C)(C#N)N1c2ccccc2Sc2ccccc21)N1c2ccccc2Sc2ccccc21. The van der Waals surface area contributed by atoms with Crippen LogP contribution in [0.15, 0.2) is 170 Å². The van der Waals surface area contributed by atoms with Crippen LogP contribution in [-0.4, -0.2) is 5.54 Å². The second kappa shape index (κ2) is 15.3. The van der Waals surface area contributed by atoms with Gasteiger partial charge in [-0.25, -0.2) is 0 Å². The third kappa shape index (κ3) is 6.59. The Labute approximate surface area is 322 Å². The minimum Gasteiger partial charge on any atom is -0.316 e. The highest BCUT2D eigenvalue weighted by Crippen LogP contribution is 2.56. The normalized spacial score (nSPS) is 14.9. The fourth-order valence-electron chi connectivity index (χ4n) is 7.52. The maximum Gasteiger partial charge on any atom is 0.155 e. The van der Waals surface area contributed by atoms with Crippen molar-refractivity contribution in [3.05, 3.63) is 161 Å². The molecule has 4 nitrogen and oxygen atoms in total. The first-order valence-corrected chi connectivity index (χ1v) is 19.8. The average molecular weight is 727 g/mol. The summed E-state index contributed by atoms with van der Waals surface area (Å²) < 4.78 is 0. The van der Waals surface area contributed by atoms with Gasteiger partial charge in [0.05, 0.1) is 40.5 Å². The minimum absolute atomic E-state index is 0.579. The van der Waals surface area contributed by atoms with Gasteiger partial charge in [-0.1, -0.05) is 110 Å². The zero-order valence-electron chi connectivity index (χ0n) is 30.7. The van der Waals surface area contributed by atoms with Crippen molar-refractivity contribution >= 4 is 51.8 Å². The molecule has 53 heavy (non-hydrogen) atoms. The van der Waals surface area contributed by atoms with Crippen LogP contribution in [0.3, 0.4) is 0 Å². The number of rotatable bonds is 10. The molecule has 0 bridgehead atoms. The van der Waals surface area contributed by atoms with E-state index in [1.807, 2.05) is 24.3 Å². The van der Waals surface area contributed by atoms with Gasteiger partial charge in [-0.05, 0) is 117 Å². The van der Waals surface area contributed by atoms with E-state index in [4.69, 9.17) is 0 Å². The Balaban J connectivity index is 1.60. The van der Waals surface area contributed by atoms with Gasteiger partial charge >= 0.3 is 0 Å². The Hall–Kier alpha value is -5.40. The third-order valence-corrected chi connectivity index (χ3v) is 12.5. The molecule has 0 radical (unpaired) electrons. The molecule has 2 aliphatic heterocycles. The van der Waals surface area contributed by atoms with E-state index >= 15 is 0 Å². The van der Waals surface area contributed by atoms with Crippen LogP contribution < -0.4 is 9.80 Å². The summed E-state index contributed by atoms with van der Waals surface area (Å²) in [7, 11) is 0. The summed E-state index contributed by atoms with van der Waals surface area (Å²) in [6.07, 6.45) is 3.30. The van der Waals surface area contributed by atoms with Crippen LogP contribution in [0.25, 0.3) is 5.57 Å². The highest BCUT2D eigenvalue weighted by molar-refractivity contribution is 8.00. The Kier molecular flexibility index (Phi) is 10.4. The molecule has 1 atom stereocenters. The van der Waals surface area contributed by atoms with Crippen molar-refractivity contribution in [2.75, 3.05) is 9.80 Å². The molecule has 262 valence electrons. The predicted octanol–water partition coefficient (Wildman–Crippen LogP) is 13.6. The van der Waals surface area contributed by atoms with Gasteiger partial charge in [0, 0.05) is 30.9 Å². The van der Waals surface area contributed by atoms with Gasteiger partial charge in [0.25, 0.3) is 0 Å². The summed E-state index contributed by atoms with van der Waals surface area (Å²) in [6, 6.07) is 47.0. The Morgan fingerprint density at radius 3 is 1.58 bits per heavy atom. The summed E-state index contributed by atoms with van der Waals surface area (Å²) in [6.45, 7) is 13.1. The Bertz CT molecular complexity index is 2270. The zero-order valence-corrected chi connectivity index (χ0v) is 32.3. The van der Waals surface area contributed by atoms with E-state index in [1.165, 1.54) is 20.9 Å². The van der Waals surface area contributed by atoms with Crippen LogP contribution >= 0.6 is 23.5 Å². The lowest BCUT2D eigenvalue weighted by Crippen LogP contribution is -2.45. The second-order valence-electron chi connectivity index (χ2n) is 13.6. The van der Waals surface area contributed by atoms with Gasteiger partial charge in [-0.2, -0.15) is 10.5 Å². The molecule has 5 aromatic carbocycles. The molecule has 0 saturated heterocycles. The molecule has 0 spiro atoms. The average Bonchev–Trinajstić information content (AvgIpc) is 3.21. The first-order chi connectivity index (χ1) is 25.8. The predicted molar refractivity (Wildman–Crippen MR) is 222 cm³/mol. The van der Waals surface area contributed by atoms with Gasteiger partial charge in [0.1, 0.15) is 0 Å². The van der Waals surface area contributed by atoms with Gasteiger partial charge in [-0.3, -0.25) is 0 Å². The maximum absolute atomic E-state index is 11.8. The number of para-hydroxylation sites is 4. The van der Waals surface area contributed by atoms with Crippen molar-refractivity contribution in [2.45, 2.75) is 78.5 Å². The smallest absolute Gasteiger partial charge is 0.155 e. The summed E-state index contributed by atoms with van der Waals surface area (Å²) in [5.41, 5.74) is 10.1. The van der Waals surface area contributed by atoms with Gasteiger partial charge < -0.3 is 9.80 Å². The number of fused-ring (bicyclic) bond motifs is 4. The van der Waals surface area contributed by atoms with E-state index in [9.17, 15) is 10.5 Å². The quantitative estimate of drug-likeness (QED) is 0.105. The summed E-state index contributed by atoms with van der Waals surface area (Å²) in [5.74, 6) is 0. The van der Waals surface area contributed by atoms with Gasteiger partial charge in [-0.15, -0.1) is 0 Å². The van der Waals surface area contributed by atoms with E-state index in [1.54, 1.807) is 23.5 Å². The van der Waals surface area contributed by atoms with Crippen LogP contribution in [0.2, 0.25) is 0 Å². The van der Waals surface area contributed by atoms with Crippen LogP contribution in [-0.2, 0) is 0 Å². The molecule has 0 aromatic heterocycles. The third-order valence-electron chi connectivity index (χ3n) is 10.2. The first-order valence-electron chi connectivity index (χ1n) is 18.2. The fraction of sp³-hybridized carbons (Fsp3) is 0.191. The number of hydrogen-bond acceptors (Lipinski definition) is 6. The molecular weight excluding hydrogens is 685 g/mol. The minimum atomic E-state index is -1.19. The van der Waals surface area contributed by atoms with E-state index in [-0.39, 0.29) is 0 Å². The summed E-state index contributed by atoms with van der Waals surface area (Å²) in [5, 5.41) is 21.6. The summed E-state index contributed by atoms with van der Waals surface area (Å²) in [4.78, 5) is 9.26. The highest BCUT2D eigenvalue weighted by atomic mass is 32.2. The molecule has 2 heterocycles. The number of nitriles is 2. The van der Waals surface area contributed by atoms with E-state index < -0.39 is 5.54 Å². The van der Waals surface area contributed by atoms with E-state index in [2.05, 4.69) is 153 Å². The monoisotopic (exact) mass is 726 g/mol. The molecule has 0 fully saturated rings. The topological polar surface area (TPSA) is 54.1 Å². The number of benzene rings is 5. The molecular formula is C47H42N4S2. The van der Waals surface area contributed by atoms with Crippen molar-refractivity contribution < 1.29 is 0 Å². The molecule has 5 aromatic rings. The summed E-state index contributed by atoms with van der Waals surface area (Å²) >= 11 is 3.53. The standard InChI is InChI=1S/C47H42N4S2/c1-6-32(3)24-25-33(4)46(50-37-16-8-12-20-41(37)52-42-21-13-9-17-38(42)50)36(7-2)45(35-28-26-34(30-48)27-29-35)47(5,31-49)51-39-18-10-14-22-43(39)53-44-23-15-11-19-40(44)51/h8-23,26-29H,3,6-7,24-25H2,1-2,4-5H3/b45-36-,46-33-. The van der Waals surface area contributed by atoms with Crippen LogP contribution in [0.4, 0.5) is 22.7 Å². The van der Waals surface area contributed by atoms with Crippen LogP contribution in [0, 0.1) is 22.7 Å². The Morgan fingerprint density at radius 1 is 0.660 bits per heavy atom. The van der Waals surface area contributed by atoms with E-state index in [0.29, 0.717) is 12.0 Å². The second-order valence-corrected chi connectivity index (χ2v) is 15.7. The van der Waals surface area contributed by atoms with Crippen molar-refractivity contribution in [2.24, 2.45) is 0 Å².